The van der Waals surface area contributed by atoms with Crippen LogP contribution in [0.25, 0.3) is 0 Å². The Labute approximate surface area is 242 Å². The molecule has 2 aromatic rings. The third-order valence-corrected chi connectivity index (χ3v) is 8.60. The summed E-state index contributed by atoms with van der Waals surface area (Å²) in [4.78, 5) is 44.2. The van der Waals surface area contributed by atoms with Crippen molar-refractivity contribution in [3.8, 4) is 0 Å². The van der Waals surface area contributed by atoms with Gasteiger partial charge in [0.25, 0.3) is 17.4 Å². The highest BCUT2D eigenvalue weighted by Gasteiger charge is 2.62. The molecule has 0 aromatic heterocycles. The third-order valence-electron chi connectivity index (χ3n) is 8.60. The number of nitrogens with zero attached hydrogens (tertiary/aromatic N) is 4. The van der Waals surface area contributed by atoms with Gasteiger partial charge in [-0.15, -0.1) is 0 Å². The summed E-state index contributed by atoms with van der Waals surface area (Å²) in [5.41, 5.74) is -2.56. The van der Waals surface area contributed by atoms with E-state index in [4.69, 9.17) is 0 Å². The smallest absolute Gasteiger partial charge is 0.380 e. The zero-order valence-electron chi connectivity index (χ0n) is 23.5. The molecule has 9 nitrogen and oxygen atoms in total. The monoisotopic (exact) mass is 587 g/mol. The zero-order chi connectivity index (χ0) is 30.1. The fourth-order valence-corrected chi connectivity index (χ4v) is 6.00. The number of halogens is 3. The van der Waals surface area contributed by atoms with Gasteiger partial charge in [0.15, 0.2) is 0 Å². The summed E-state index contributed by atoms with van der Waals surface area (Å²) in [5.74, 6) is -1.37. The first-order chi connectivity index (χ1) is 20.0. The molecule has 5 rings (SSSR count). The molecule has 3 fully saturated rings. The lowest BCUT2D eigenvalue weighted by Gasteiger charge is -2.48. The van der Waals surface area contributed by atoms with Gasteiger partial charge in [-0.05, 0) is 37.1 Å². The molecule has 2 aromatic carbocycles. The number of carbonyl (C=O) groups excluding carboxylic acids is 3. The minimum Gasteiger partial charge on any atom is -0.380 e. The summed E-state index contributed by atoms with van der Waals surface area (Å²) in [6, 6.07) is 14.2. The molecule has 12 heteroatoms. The number of benzene rings is 2. The minimum absolute atomic E-state index is 0.0187. The van der Waals surface area contributed by atoms with Crippen molar-refractivity contribution >= 4 is 23.4 Å². The fourth-order valence-electron chi connectivity index (χ4n) is 6.00. The van der Waals surface area contributed by atoms with Gasteiger partial charge in [0.2, 0.25) is 5.91 Å². The Morgan fingerprint density at radius 2 is 1.38 bits per heavy atom. The standard InChI is InChI=1S/C30H36F3N5O4/c1-21(39)35-15-17-36(18-16-35)27(40)22-7-9-24(10-8-22)34-25-19-38(20-25)26-11-13-37(14-12-26)28(41)29(42,30(31,32)33)23-5-3-2-4-6-23/h2-10,25-26,34,42H,11-20H2,1H3/t29-/m1/s1. The minimum atomic E-state index is -5.14. The van der Waals surface area contributed by atoms with Crippen LogP contribution >= 0.6 is 0 Å². The highest BCUT2D eigenvalue weighted by atomic mass is 19.4. The van der Waals surface area contributed by atoms with E-state index >= 15 is 0 Å². The number of piperidine rings is 1. The molecule has 3 heterocycles. The fraction of sp³-hybridized carbons (Fsp3) is 0.500. The van der Waals surface area contributed by atoms with E-state index in [9.17, 15) is 32.7 Å². The lowest BCUT2D eigenvalue weighted by Crippen LogP contribution is -2.62. The van der Waals surface area contributed by atoms with Crippen LogP contribution in [0.5, 0.6) is 0 Å². The number of alkyl halides is 3. The predicted octanol–water partition coefficient (Wildman–Crippen LogP) is 2.53. The predicted molar refractivity (Wildman–Crippen MR) is 150 cm³/mol. The van der Waals surface area contributed by atoms with Crippen molar-refractivity contribution < 1.29 is 32.7 Å². The van der Waals surface area contributed by atoms with Gasteiger partial charge in [0.05, 0.1) is 6.04 Å². The zero-order valence-corrected chi connectivity index (χ0v) is 23.5. The molecule has 0 aliphatic carbocycles. The van der Waals surface area contributed by atoms with Crippen molar-refractivity contribution in [2.24, 2.45) is 0 Å². The van der Waals surface area contributed by atoms with Crippen molar-refractivity contribution in [1.82, 2.24) is 19.6 Å². The molecular formula is C30H36F3N5O4. The number of aliphatic hydroxyl groups is 1. The van der Waals surface area contributed by atoms with Gasteiger partial charge in [-0.1, -0.05) is 30.3 Å². The Bertz CT molecular complexity index is 1270. The average molecular weight is 588 g/mol. The second kappa shape index (κ2) is 11.9. The van der Waals surface area contributed by atoms with Gasteiger partial charge in [-0.2, -0.15) is 13.2 Å². The molecule has 3 aliphatic heterocycles. The highest BCUT2D eigenvalue weighted by Crippen LogP contribution is 2.41. The average Bonchev–Trinajstić information content (AvgIpc) is 2.98. The first-order valence-electron chi connectivity index (χ1n) is 14.3. The van der Waals surface area contributed by atoms with Crippen LogP contribution in [0.2, 0.25) is 0 Å². The van der Waals surface area contributed by atoms with Crippen molar-refractivity contribution in [2.45, 2.75) is 43.6 Å². The van der Waals surface area contributed by atoms with Gasteiger partial charge >= 0.3 is 6.18 Å². The van der Waals surface area contributed by atoms with Crippen LogP contribution in [-0.2, 0) is 15.2 Å². The number of likely N-dealkylation sites (tertiary alicyclic amines) is 2. The van der Waals surface area contributed by atoms with Crippen LogP contribution in [0.1, 0.15) is 35.7 Å². The Kier molecular flexibility index (Phi) is 8.47. The van der Waals surface area contributed by atoms with Crippen LogP contribution in [0, 0.1) is 0 Å². The number of anilines is 1. The number of hydrogen-bond acceptors (Lipinski definition) is 6. The van der Waals surface area contributed by atoms with Crippen molar-refractivity contribution in [3.63, 3.8) is 0 Å². The first kappa shape index (κ1) is 29.8. The number of rotatable bonds is 6. The van der Waals surface area contributed by atoms with Gasteiger partial charge in [-0.3, -0.25) is 19.3 Å². The van der Waals surface area contributed by atoms with E-state index in [1.165, 1.54) is 25.1 Å². The van der Waals surface area contributed by atoms with Crippen molar-refractivity contribution in [3.05, 3.63) is 65.7 Å². The van der Waals surface area contributed by atoms with Crippen LogP contribution in [0.15, 0.2) is 54.6 Å². The Hall–Kier alpha value is -3.64. The van der Waals surface area contributed by atoms with E-state index in [0.29, 0.717) is 44.6 Å². The van der Waals surface area contributed by atoms with Gasteiger partial charge < -0.3 is 25.1 Å². The topological polar surface area (TPSA) is 96.4 Å². The summed E-state index contributed by atoms with van der Waals surface area (Å²) in [6.45, 7) is 5.44. The van der Waals surface area contributed by atoms with Crippen LogP contribution < -0.4 is 5.32 Å². The van der Waals surface area contributed by atoms with Gasteiger partial charge in [0.1, 0.15) is 0 Å². The van der Waals surface area contributed by atoms with E-state index in [1.54, 1.807) is 21.9 Å². The number of hydrogen-bond donors (Lipinski definition) is 2. The Morgan fingerprint density at radius 1 is 0.810 bits per heavy atom. The molecule has 0 saturated carbocycles. The quantitative estimate of drug-likeness (QED) is 0.540. The highest BCUT2D eigenvalue weighted by molar-refractivity contribution is 5.94. The van der Waals surface area contributed by atoms with Crippen LogP contribution in [-0.4, -0.2) is 113 Å². The number of carbonyl (C=O) groups is 3. The van der Waals surface area contributed by atoms with E-state index in [-0.39, 0.29) is 37.0 Å². The molecule has 3 amide bonds. The van der Waals surface area contributed by atoms with Crippen LogP contribution in [0.4, 0.5) is 18.9 Å². The lowest BCUT2D eigenvalue weighted by molar-refractivity contribution is -0.262. The number of nitrogens with one attached hydrogen (secondary N) is 1. The van der Waals surface area contributed by atoms with Crippen LogP contribution in [0.3, 0.4) is 0 Å². The number of amides is 3. The largest absolute Gasteiger partial charge is 0.430 e. The molecule has 3 saturated heterocycles. The molecule has 0 spiro atoms. The Morgan fingerprint density at radius 3 is 1.93 bits per heavy atom. The van der Waals surface area contributed by atoms with E-state index in [2.05, 4.69) is 10.2 Å². The maximum atomic E-state index is 13.9. The number of piperazine rings is 1. The SMILES string of the molecule is CC(=O)N1CCN(C(=O)c2ccc(NC3CN(C4CCN(C(=O)[C@](O)(c5ccccc5)C(F)(F)F)CC4)C3)cc2)CC1. The summed E-state index contributed by atoms with van der Waals surface area (Å²) in [6.07, 6.45) is -4.09. The van der Waals surface area contributed by atoms with E-state index in [0.717, 1.165) is 35.8 Å². The molecule has 1 atom stereocenters. The van der Waals surface area contributed by atoms with E-state index < -0.39 is 23.2 Å². The Balaban J connectivity index is 1.08. The second-order valence-corrected chi connectivity index (χ2v) is 11.3. The maximum Gasteiger partial charge on any atom is 0.430 e. The molecular weight excluding hydrogens is 551 g/mol. The maximum absolute atomic E-state index is 13.9. The summed E-state index contributed by atoms with van der Waals surface area (Å²) in [5, 5.41) is 14.1. The molecule has 0 bridgehead atoms. The van der Waals surface area contributed by atoms with Crippen molar-refractivity contribution in [2.75, 3.05) is 57.7 Å². The molecule has 226 valence electrons. The molecule has 42 heavy (non-hydrogen) atoms. The summed E-state index contributed by atoms with van der Waals surface area (Å²) < 4.78 is 41.8. The molecule has 0 unspecified atom stereocenters. The summed E-state index contributed by atoms with van der Waals surface area (Å²) >= 11 is 0. The van der Waals surface area contributed by atoms with E-state index in [1.807, 2.05) is 12.1 Å². The van der Waals surface area contributed by atoms with Crippen molar-refractivity contribution in [1.29, 1.82) is 0 Å². The molecule has 0 radical (unpaired) electrons. The summed E-state index contributed by atoms with van der Waals surface area (Å²) in [7, 11) is 0. The normalized spacial score (nSPS) is 20.5. The first-order valence-corrected chi connectivity index (χ1v) is 14.3. The molecule has 3 aliphatic rings. The van der Waals surface area contributed by atoms with Gasteiger partial charge in [0, 0.05) is 82.1 Å². The molecule has 2 N–H and O–H groups in total. The lowest BCUT2D eigenvalue weighted by atomic mass is 9.89. The third kappa shape index (κ3) is 5.96. The second-order valence-electron chi connectivity index (χ2n) is 11.3. The van der Waals surface area contributed by atoms with Gasteiger partial charge in [-0.25, -0.2) is 0 Å².